The van der Waals surface area contributed by atoms with Crippen LogP contribution in [-0.4, -0.2) is 52.1 Å². The lowest BCUT2D eigenvalue weighted by Crippen LogP contribution is -2.41. The maximum atomic E-state index is 12.4. The van der Waals surface area contributed by atoms with Gasteiger partial charge in [-0.1, -0.05) is 0 Å². The van der Waals surface area contributed by atoms with Gasteiger partial charge in [-0.3, -0.25) is 14.8 Å². The number of aromatic nitrogens is 3. The molecule has 1 amide bonds. The minimum atomic E-state index is 0.0995. The lowest BCUT2D eigenvalue weighted by Gasteiger charge is -2.26. The summed E-state index contributed by atoms with van der Waals surface area (Å²) >= 11 is 1.62. The predicted molar refractivity (Wildman–Crippen MR) is 96.5 cm³/mol. The fourth-order valence-corrected chi connectivity index (χ4v) is 3.62. The molecule has 3 aromatic rings. The molecule has 0 aliphatic carbocycles. The molecule has 128 valence electrons. The summed E-state index contributed by atoms with van der Waals surface area (Å²) in [5, 5.41) is 3.02. The Kier molecular flexibility index (Phi) is 4.42. The quantitative estimate of drug-likeness (QED) is 0.723. The molecule has 0 spiro atoms. The van der Waals surface area contributed by atoms with Crippen molar-refractivity contribution < 1.29 is 9.53 Å². The minimum Gasteiger partial charge on any atom is -0.378 e. The highest BCUT2D eigenvalue weighted by atomic mass is 32.1. The van der Waals surface area contributed by atoms with Gasteiger partial charge >= 0.3 is 0 Å². The standard InChI is InChI=1S/C18H18N4O2S/c1-12-19-11-17(25-12)16-7-13-6-15(20-9-14(13)10-21-16)8-18(23)22-2-4-24-5-3-22/h6-7,9-11H,2-5,8H2,1H3. The monoisotopic (exact) mass is 354 g/mol. The smallest absolute Gasteiger partial charge is 0.228 e. The second-order valence-corrected chi connectivity index (χ2v) is 7.24. The molecule has 6 nitrogen and oxygen atoms in total. The van der Waals surface area contributed by atoms with Crippen LogP contribution in [0.5, 0.6) is 0 Å². The Bertz CT molecular complexity index is 918. The molecule has 1 saturated heterocycles. The van der Waals surface area contributed by atoms with Crippen LogP contribution in [0, 0.1) is 6.92 Å². The summed E-state index contributed by atoms with van der Waals surface area (Å²) in [4.78, 5) is 28.5. The highest BCUT2D eigenvalue weighted by molar-refractivity contribution is 7.15. The third-order valence-corrected chi connectivity index (χ3v) is 5.16. The number of morpholine rings is 1. The summed E-state index contributed by atoms with van der Waals surface area (Å²) in [6.07, 6.45) is 5.76. The lowest BCUT2D eigenvalue weighted by molar-refractivity contribution is -0.134. The Morgan fingerprint density at radius 3 is 2.68 bits per heavy atom. The second kappa shape index (κ2) is 6.85. The Morgan fingerprint density at radius 2 is 1.92 bits per heavy atom. The Labute approximate surface area is 149 Å². The average Bonchev–Trinajstić information content (AvgIpc) is 3.08. The van der Waals surface area contributed by atoms with Gasteiger partial charge in [0.15, 0.2) is 0 Å². The van der Waals surface area contributed by atoms with E-state index < -0.39 is 0 Å². The van der Waals surface area contributed by atoms with Gasteiger partial charge in [-0.2, -0.15) is 0 Å². The van der Waals surface area contributed by atoms with E-state index in [0.29, 0.717) is 32.7 Å². The van der Waals surface area contributed by atoms with Crippen LogP contribution in [-0.2, 0) is 16.0 Å². The number of carbonyl (C=O) groups excluding carboxylic acids is 1. The van der Waals surface area contributed by atoms with Gasteiger partial charge in [0.05, 0.1) is 40.9 Å². The van der Waals surface area contributed by atoms with E-state index >= 15 is 0 Å². The molecule has 0 N–H and O–H groups in total. The number of hydrogen-bond acceptors (Lipinski definition) is 6. The number of amides is 1. The molecule has 25 heavy (non-hydrogen) atoms. The number of fused-ring (bicyclic) bond motifs is 1. The van der Waals surface area contributed by atoms with Gasteiger partial charge in [0, 0.05) is 37.1 Å². The molecular weight excluding hydrogens is 336 g/mol. The normalized spacial score (nSPS) is 14.8. The summed E-state index contributed by atoms with van der Waals surface area (Å²) in [6, 6.07) is 4.01. The maximum absolute atomic E-state index is 12.4. The third kappa shape index (κ3) is 3.52. The Balaban J connectivity index is 1.59. The number of aryl methyl sites for hydroxylation is 1. The van der Waals surface area contributed by atoms with Gasteiger partial charge < -0.3 is 9.64 Å². The van der Waals surface area contributed by atoms with Crippen molar-refractivity contribution in [3.8, 4) is 10.6 Å². The number of nitrogens with zero attached hydrogens (tertiary/aromatic N) is 4. The Morgan fingerprint density at radius 1 is 1.12 bits per heavy atom. The van der Waals surface area contributed by atoms with Crippen LogP contribution in [0.4, 0.5) is 0 Å². The number of rotatable bonds is 3. The number of hydrogen-bond donors (Lipinski definition) is 0. The van der Waals surface area contributed by atoms with Crippen molar-refractivity contribution in [2.75, 3.05) is 26.3 Å². The zero-order valence-electron chi connectivity index (χ0n) is 13.9. The molecule has 0 radical (unpaired) electrons. The molecule has 0 saturated carbocycles. The molecule has 4 heterocycles. The largest absolute Gasteiger partial charge is 0.378 e. The molecular formula is C18H18N4O2S. The van der Waals surface area contributed by atoms with Crippen LogP contribution >= 0.6 is 11.3 Å². The molecule has 0 unspecified atom stereocenters. The van der Waals surface area contributed by atoms with Crippen LogP contribution in [0.15, 0.2) is 30.7 Å². The van der Waals surface area contributed by atoms with E-state index in [-0.39, 0.29) is 5.91 Å². The van der Waals surface area contributed by atoms with Crippen molar-refractivity contribution in [3.63, 3.8) is 0 Å². The predicted octanol–water partition coefficient (Wildman–Crippen LogP) is 2.46. The first-order chi connectivity index (χ1) is 12.2. The average molecular weight is 354 g/mol. The summed E-state index contributed by atoms with van der Waals surface area (Å²) in [7, 11) is 0. The summed E-state index contributed by atoms with van der Waals surface area (Å²) < 4.78 is 5.29. The zero-order valence-corrected chi connectivity index (χ0v) is 14.8. The molecule has 0 aromatic carbocycles. The van der Waals surface area contributed by atoms with Gasteiger partial charge in [-0.05, 0) is 24.4 Å². The van der Waals surface area contributed by atoms with E-state index in [2.05, 4.69) is 15.0 Å². The van der Waals surface area contributed by atoms with E-state index in [1.165, 1.54) is 0 Å². The first-order valence-electron chi connectivity index (χ1n) is 8.22. The van der Waals surface area contributed by atoms with Crippen LogP contribution in [0.25, 0.3) is 21.3 Å². The SMILES string of the molecule is Cc1ncc(-c2cc3cc(CC(=O)N4CCOCC4)ncc3cn2)s1. The fourth-order valence-electron chi connectivity index (χ4n) is 2.87. The van der Waals surface area contributed by atoms with E-state index in [4.69, 9.17) is 4.74 Å². The number of ether oxygens (including phenoxy) is 1. The number of pyridine rings is 2. The van der Waals surface area contributed by atoms with E-state index in [1.54, 1.807) is 17.5 Å². The molecule has 1 aliphatic rings. The van der Waals surface area contributed by atoms with Gasteiger partial charge in [0.2, 0.25) is 5.91 Å². The molecule has 4 rings (SSSR count). The molecule has 7 heteroatoms. The first-order valence-corrected chi connectivity index (χ1v) is 9.04. The van der Waals surface area contributed by atoms with Crippen molar-refractivity contribution in [1.29, 1.82) is 0 Å². The fraction of sp³-hybridized carbons (Fsp3) is 0.333. The zero-order chi connectivity index (χ0) is 17.2. The summed E-state index contributed by atoms with van der Waals surface area (Å²) in [5.41, 5.74) is 1.68. The van der Waals surface area contributed by atoms with E-state index in [0.717, 1.165) is 32.0 Å². The van der Waals surface area contributed by atoms with Gasteiger partial charge in [0.25, 0.3) is 0 Å². The van der Waals surface area contributed by atoms with Crippen LogP contribution in [0.1, 0.15) is 10.7 Å². The number of thiazole rings is 1. The van der Waals surface area contributed by atoms with Crippen molar-refractivity contribution in [2.24, 2.45) is 0 Å². The van der Waals surface area contributed by atoms with Gasteiger partial charge in [-0.15, -0.1) is 11.3 Å². The van der Waals surface area contributed by atoms with Crippen LogP contribution < -0.4 is 0 Å². The van der Waals surface area contributed by atoms with Gasteiger partial charge in [-0.25, -0.2) is 4.98 Å². The molecule has 0 atom stereocenters. The highest BCUT2D eigenvalue weighted by Gasteiger charge is 2.17. The topological polar surface area (TPSA) is 68.2 Å². The van der Waals surface area contributed by atoms with Crippen molar-refractivity contribution >= 4 is 28.0 Å². The minimum absolute atomic E-state index is 0.0995. The van der Waals surface area contributed by atoms with Crippen molar-refractivity contribution in [2.45, 2.75) is 13.3 Å². The van der Waals surface area contributed by atoms with Crippen molar-refractivity contribution in [1.82, 2.24) is 19.9 Å². The van der Waals surface area contributed by atoms with Crippen LogP contribution in [0.3, 0.4) is 0 Å². The summed E-state index contributed by atoms with van der Waals surface area (Å²) in [5.74, 6) is 0.0995. The first kappa shape index (κ1) is 16.1. The van der Waals surface area contributed by atoms with Crippen molar-refractivity contribution in [3.05, 3.63) is 41.4 Å². The molecule has 1 fully saturated rings. The number of carbonyl (C=O) groups is 1. The van der Waals surface area contributed by atoms with E-state index in [1.807, 2.05) is 36.4 Å². The Hall–Kier alpha value is -2.38. The third-order valence-electron chi connectivity index (χ3n) is 4.23. The molecule has 0 bridgehead atoms. The molecule has 3 aromatic heterocycles. The van der Waals surface area contributed by atoms with E-state index in [9.17, 15) is 4.79 Å². The highest BCUT2D eigenvalue weighted by Crippen LogP contribution is 2.26. The second-order valence-electron chi connectivity index (χ2n) is 6.01. The molecule has 1 aliphatic heterocycles. The lowest BCUT2D eigenvalue weighted by atomic mass is 10.1. The van der Waals surface area contributed by atoms with Gasteiger partial charge in [0.1, 0.15) is 0 Å². The van der Waals surface area contributed by atoms with Crippen LogP contribution in [0.2, 0.25) is 0 Å². The summed E-state index contributed by atoms with van der Waals surface area (Å²) in [6.45, 7) is 4.52. The maximum Gasteiger partial charge on any atom is 0.228 e.